The highest BCUT2D eigenvalue weighted by molar-refractivity contribution is 5.94. The van der Waals surface area contributed by atoms with Crippen LogP contribution in [0.5, 0.6) is 0 Å². The first-order chi connectivity index (χ1) is 7.20. The van der Waals surface area contributed by atoms with Crippen LogP contribution in [0.15, 0.2) is 36.4 Å². The molecular weight excluding hydrogens is 188 g/mol. The molecule has 0 aromatic heterocycles. The van der Waals surface area contributed by atoms with Crippen molar-refractivity contribution in [3.63, 3.8) is 0 Å². The summed E-state index contributed by atoms with van der Waals surface area (Å²) in [4.78, 5) is 10.8. The number of carboxylic acid groups (broad SMARTS) is 1. The van der Waals surface area contributed by atoms with Gasteiger partial charge in [-0.3, -0.25) is 0 Å². The number of hydrogen-bond acceptors (Lipinski definition) is 1. The van der Waals surface area contributed by atoms with Gasteiger partial charge < -0.3 is 5.11 Å². The van der Waals surface area contributed by atoms with Gasteiger partial charge in [0.1, 0.15) is 0 Å². The lowest BCUT2D eigenvalue weighted by Crippen LogP contribution is -1.95. The summed E-state index contributed by atoms with van der Waals surface area (Å²) in [5.41, 5.74) is 1.57. The van der Waals surface area contributed by atoms with E-state index >= 15 is 0 Å². The van der Waals surface area contributed by atoms with Crippen LogP contribution in [0.4, 0.5) is 0 Å². The predicted octanol–water partition coefficient (Wildman–Crippen LogP) is 3.10. The van der Waals surface area contributed by atoms with Crippen LogP contribution in [-0.4, -0.2) is 11.1 Å². The van der Waals surface area contributed by atoms with E-state index in [1.807, 2.05) is 18.2 Å². The maximum Gasteiger partial charge on any atom is 0.335 e. The van der Waals surface area contributed by atoms with Gasteiger partial charge in [-0.2, -0.15) is 0 Å². The van der Waals surface area contributed by atoms with Crippen molar-refractivity contribution in [3.05, 3.63) is 47.5 Å². The fourth-order valence-corrected chi connectivity index (χ4v) is 1.65. The summed E-state index contributed by atoms with van der Waals surface area (Å²) in [6.45, 7) is 2.09. The average molecular weight is 200 g/mol. The number of carbonyl (C=O) groups is 1. The largest absolute Gasteiger partial charge is 0.478 e. The van der Waals surface area contributed by atoms with E-state index in [2.05, 4.69) is 13.0 Å². The first-order valence-electron chi connectivity index (χ1n) is 4.96. The standard InChI is InChI=1S/C13H12O2/c1-2-9-3-4-10-5-6-11(13(14)15)8-12(10)7-9/h3-8H,2H2,1H3,(H,14,15). The van der Waals surface area contributed by atoms with Crippen LogP contribution < -0.4 is 0 Å². The van der Waals surface area contributed by atoms with Crippen LogP contribution in [0, 0.1) is 0 Å². The molecule has 0 spiro atoms. The van der Waals surface area contributed by atoms with E-state index in [-0.39, 0.29) is 0 Å². The van der Waals surface area contributed by atoms with Crippen molar-refractivity contribution >= 4 is 16.7 Å². The Balaban J connectivity index is 2.62. The molecule has 2 aromatic rings. The smallest absolute Gasteiger partial charge is 0.335 e. The van der Waals surface area contributed by atoms with Crippen molar-refractivity contribution in [2.75, 3.05) is 0 Å². The van der Waals surface area contributed by atoms with Crippen LogP contribution in [0.3, 0.4) is 0 Å². The molecular formula is C13H12O2. The Labute approximate surface area is 88.2 Å². The molecule has 0 amide bonds. The zero-order chi connectivity index (χ0) is 10.8. The van der Waals surface area contributed by atoms with Gasteiger partial charge in [0.2, 0.25) is 0 Å². The van der Waals surface area contributed by atoms with Crippen molar-refractivity contribution in [1.82, 2.24) is 0 Å². The number of fused-ring (bicyclic) bond motifs is 1. The maximum absolute atomic E-state index is 10.8. The zero-order valence-corrected chi connectivity index (χ0v) is 8.53. The summed E-state index contributed by atoms with van der Waals surface area (Å²) >= 11 is 0. The van der Waals surface area contributed by atoms with Gasteiger partial charge in [0.05, 0.1) is 5.56 Å². The topological polar surface area (TPSA) is 37.3 Å². The number of hydrogen-bond donors (Lipinski definition) is 1. The fourth-order valence-electron chi connectivity index (χ4n) is 1.65. The van der Waals surface area contributed by atoms with Gasteiger partial charge in [-0.1, -0.05) is 31.2 Å². The summed E-state index contributed by atoms with van der Waals surface area (Å²) in [6.07, 6.45) is 0.966. The molecule has 0 bridgehead atoms. The monoisotopic (exact) mass is 200 g/mol. The highest BCUT2D eigenvalue weighted by atomic mass is 16.4. The zero-order valence-electron chi connectivity index (χ0n) is 8.53. The maximum atomic E-state index is 10.8. The highest BCUT2D eigenvalue weighted by Gasteiger charge is 2.03. The molecule has 1 N–H and O–H groups in total. The van der Waals surface area contributed by atoms with Crippen LogP contribution in [0.1, 0.15) is 22.8 Å². The molecule has 0 saturated heterocycles. The Morgan fingerprint density at radius 3 is 2.53 bits per heavy atom. The Hall–Kier alpha value is -1.83. The van der Waals surface area contributed by atoms with Crippen LogP contribution in [-0.2, 0) is 6.42 Å². The lowest BCUT2D eigenvalue weighted by Gasteiger charge is -2.02. The van der Waals surface area contributed by atoms with Crippen molar-refractivity contribution < 1.29 is 9.90 Å². The first-order valence-corrected chi connectivity index (χ1v) is 4.96. The summed E-state index contributed by atoms with van der Waals surface area (Å²) in [5, 5.41) is 10.9. The third-order valence-corrected chi connectivity index (χ3v) is 2.56. The van der Waals surface area contributed by atoms with Crippen molar-refractivity contribution in [3.8, 4) is 0 Å². The molecule has 0 aliphatic heterocycles. The Morgan fingerprint density at radius 2 is 1.87 bits per heavy atom. The molecule has 0 aliphatic carbocycles. The van der Waals surface area contributed by atoms with E-state index in [4.69, 9.17) is 5.11 Å². The molecule has 2 nitrogen and oxygen atoms in total. The van der Waals surface area contributed by atoms with Gasteiger partial charge in [0.25, 0.3) is 0 Å². The van der Waals surface area contributed by atoms with Gasteiger partial charge >= 0.3 is 5.97 Å². The minimum absolute atomic E-state index is 0.343. The molecule has 76 valence electrons. The second-order valence-corrected chi connectivity index (χ2v) is 3.55. The first kappa shape index (κ1) is 9.71. The van der Waals surface area contributed by atoms with E-state index in [0.29, 0.717) is 5.56 Å². The minimum Gasteiger partial charge on any atom is -0.478 e. The second-order valence-electron chi connectivity index (χ2n) is 3.55. The summed E-state index contributed by atoms with van der Waals surface area (Å²) < 4.78 is 0. The molecule has 2 heteroatoms. The Morgan fingerprint density at radius 1 is 1.13 bits per heavy atom. The van der Waals surface area contributed by atoms with Crippen molar-refractivity contribution in [2.24, 2.45) is 0 Å². The molecule has 2 aromatic carbocycles. The van der Waals surface area contributed by atoms with Gasteiger partial charge in [-0.05, 0) is 34.9 Å². The third kappa shape index (κ3) is 1.84. The summed E-state index contributed by atoms with van der Waals surface area (Å²) in [5.74, 6) is -0.876. The quantitative estimate of drug-likeness (QED) is 0.808. The molecule has 0 aliphatic rings. The molecule has 2 rings (SSSR count). The molecule has 0 radical (unpaired) electrons. The molecule has 0 unspecified atom stereocenters. The fraction of sp³-hybridized carbons (Fsp3) is 0.154. The van der Waals surface area contributed by atoms with Gasteiger partial charge in [0.15, 0.2) is 0 Å². The number of carboxylic acids is 1. The number of aromatic carboxylic acids is 1. The van der Waals surface area contributed by atoms with Gasteiger partial charge in [0, 0.05) is 0 Å². The highest BCUT2D eigenvalue weighted by Crippen LogP contribution is 2.18. The molecule has 15 heavy (non-hydrogen) atoms. The average Bonchev–Trinajstić information content (AvgIpc) is 2.27. The molecule has 0 heterocycles. The predicted molar refractivity (Wildman–Crippen MR) is 60.3 cm³/mol. The lowest BCUT2D eigenvalue weighted by molar-refractivity contribution is 0.0697. The second kappa shape index (κ2) is 3.73. The molecule has 0 fully saturated rings. The Bertz CT molecular complexity index is 515. The molecule has 0 saturated carbocycles. The van der Waals surface area contributed by atoms with E-state index in [1.54, 1.807) is 12.1 Å². The van der Waals surface area contributed by atoms with Crippen molar-refractivity contribution in [1.29, 1.82) is 0 Å². The van der Waals surface area contributed by atoms with E-state index < -0.39 is 5.97 Å². The summed E-state index contributed by atoms with van der Waals surface area (Å²) in [7, 11) is 0. The normalized spacial score (nSPS) is 10.5. The van der Waals surface area contributed by atoms with Crippen LogP contribution in [0.2, 0.25) is 0 Å². The number of rotatable bonds is 2. The van der Waals surface area contributed by atoms with Gasteiger partial charge in [-0.15, -0.1) is 0 Å². The van der Waals surface area contributed by atoms with Crippen LogP contribution in [0.25, 0.3) is 10.8 Å². The Kier molecular flexibility index (Phi) is 2.42. The SMILES string of the molecule is CCc1ccc2ccc(C(=O)O)cc2c1. The minimum atomic E-state index is -0.876. The number of aryl methyl sites for hydroxylation is 1. The third-order valence-electron chi connectivity index (χ3n) is 2.56. The van der Waals surface area contributed by atoms with Crippen LogP contribution >= 0.6 is 0 Å². The number of benzene rings is 2. The van der Waals surface area contributed by atoms with Gasteiger partial charge in [-0.25, -0.2) is 4.79 Å². The van der Waals surface area contributed by atoms with E-state index in [1.165, 1.54) is 5.56 Å². The summed E-state index contributed by atoms with van der Waals surface area (Å²) in [6, 6.07) is 11.3. The molecule has 0 atom stereocenters. The van der Waals surface area contributed by atoms with E-state index in [0.717, 1.165) is 17.2 Å². The lowest BCUT2D eigenvalue weighted by atomic mass is 10.0. The van der Waals surface area contributed by atoms with Crippen molar-refractivity contribution in [2.45, 2.75) is 13.3 Å². The van der Waals surface area contributed by atoms with E-state index in [9.17, 15) is 4.79 Å².